The van der Waals surface area contributed by atoms with Crippen molar-refractivity contribution in [2.24, 2.45) is 5.92 Å². The largest absolute Gasteiger partial charge is 0.378 e. The summed E-state index contributed by atoms with van der Waals surface area (Å²) in [5.41, 5.74) is 0. The maximum Gasteiger partial charge on any atom is 0.229 e. The molecule has 2 atom stereocenters. The van der Waals surface area contributed by atoms with E-state index in [1.807, 2.05) is 26.8 Å². The number of carbonyl (C=O) groups is 1. The number of ether oxygens (including phenoxy) is 1. The Balaban J connectivity index is 2.60. The molecule has 0 saturated carbocycles. The van der Waals surface area contributed by atoms with Gasteiger partial charge in [-0.2, -0.15) is 5.26 Å². The Morgan fingerprint density at radius 3 is 2.73 bits per heavy atom. The molecule has 1 amide bonds. The maximum absolute atomic E-state index is 12.0. The first kappa shape index (κ1) is 12.0. The van der Waals surface area contributed by atoms with Gasteiger partial charge >= 0.3 is 0 Å². The highest BCUT2D eigenvalue weighted by Gasteiger charge is 2.32. The lowest BCUT2D eigenvalue weighted by atomic mass is 10.0. The summed E-state index contributed by atoms with van der Waals surface area (Å²) >= 11 is 0. The van der Waals surface area contributed by atoms with E-state index in [2.05, 4.69) is 0 Å². The fraction of sp³-hybridized carbons (Fsp3) is 0.818. The van der Waals surface area contributed by atoms with Gasteiger partial charge in [0.15, 0.2) is 0 Å². The number of carbonyl (C=O) groups excluding carboxylic acids is 1. The molecule has 84 valence electrons. The fourth-order valence-corrected chi connectivity index (χ4v) is 1.81. The van der Waals surface area contributed by atoms with E-state index < -0.39 is 0 Å². The fourth-order valence-electron chi connectivity index (χ4n) is 1.81. The van der Waals surface area contributed by atoms with Crippen LogP contribution in [0.4, 0.5) is 0 Å². The molecular weight excluding hydrogens is 192 g/mol. The second-order valence-corrected chi connectivity index (χ2v) is 4.29. The third kappa shape index (κ3) is 2.93. The second-order valence-electron chi connectivity index (χ2n) is 4.29. The third-order valence-corrected chi connectivity index (χ3v) is 2.70. The van der Waals surface area contributed by atoms with Crippen LogP contribution in [0.3, 0.4) is 0 Å². The summed E-state index contributed by atoms with van der Waals surface area (Å²) in [5.74, 6) is -0.00773. The van der Waals surface area contributed by atoms with Gasteiger partial charge in [-0.05, 0) is 27.2 Å². The normalized spacial score (nSPS) is 25.3. The topological polar surface area (TPSA) is 53.3 Å². The number of hydrogen-bond donors (Lipinski definition) is 0. The Bertz CT molecular complexity index is 270. The van der Waals surface area contributed by atoms with E-state index in [-0.39, 0.29) is 30.5 Å². The van der Waals surface area contributed by atoms with Crippen molar-refractivity contribution >= 4 is 5.91 Å². The molecule has 2 unspecified atom stereocenters. The van der Waals surface area contributed by atoms with Crippen molar-refractivity contribution in [3.8, 4) is 6.07 Å². The van der Waals surface area contributed by atoms with Gasteiger partial charge in [-0.25, -0.2) is 0 Å². The Labute approximate surface area is 90.8 Å². The van der Waals surface area contributed by atoms with Crippen molar-refractivity contribution in [2.45, 2.75) is 39.3 Å². The Morgan fingerprint density at radius 2 is 2.33 bits per heavy atom. The van der Waals surface area contributed by atoms with E-state index in [0.29, 0.717) is 6.61 Å². The summed E-state index contributed by atoms with van der Waals surface area (Å²) in [6.07, 6.45) is 0.933. The lowest BCUT2D eigenvalue weighted by molar-refractivity contribution is -0.136. The van der Waals surface area contributed by atoms with Crippen molar-refractivity contribution in [1.82, 2.24) is 4.90 Å². The first-order chi connectivity index (χ1) is 7.06. The zero-order valence-corrected chi connectivity index (χ0v) is 9.56. The van der Waals surface area contributed by atoms with Crippen molar-refractivity contribution in [2.75, 3.05) is 13.2 Å². The molecule has 15 heavy (non-hydrogen) atoms. The summed E-state index contributed by atoms with van der Waals surface area (Å²) < 4.78 is 5.36. The van der Waals surface area contributed by atoms with Crippen LogP contribution in [-0.2, 0) is 9.53 Å². The van der Waals surface area contributed by atoms with E-state index in [1.165, 1.54) is 0 Å². The first-order valence-corrected chi connectivity index (χ1v) is 5.35. The van der Waals surface area contributed by atoms with Crippen LogP contribution in [0.5, 0.6) is 0 Å². The van der Waals surface area contributed by atoms with E-state index in [1.54, 1.807) is 4.90 Å². The molecule has 4 nitrogen and oxygen atoms in total. The molecule has 0 aliphatic carbocycles. The minimum absolute atomic E-state index is 0.0518. The van der Waals surface area contributed by atoms with Crippen molar-refractivity contribution < 1.29 is 9.53 Å². The second kappa shape index (κ2) is 5.13. The zero-order chi connectivity index (χ0) is 11.4. The first-order valence-electron chi connectivity index (χ1n) is 5.35. The van der Waals surface area contributed by atoms with Gasteiger partial charge in [-0.3, -0.25) is 4.79 Å². The lowest BCUT2D eigenvalue weighted by Crippen LogP contribution is -2.41. The van der Waals surface area contributed by atoms with Crippen molar-refractivity contribution in [1.29, 1.82) is 5.26 Å². The van der Waals surface area contributed by atoms with Crippen molar-refractivity contribution in [3.05, 3.63) is 0 Å². The van der Waals surface area contributed by atoms with Gasteiger partial charge in [0.25, 0.3) is 0 Å². The Morgan fingerprint density at radius 1 is 1.67 bits per heavy atom. The van der Waals surface area contributed by atoms with Gasteiger partial charge in [0.05, 0.1) is 24.7 Å². The van der Waals surface area contributed by atoms with Gasteiger partial charge < -0.3 is 9.64 Å². The smallest absolute Gasteiger partial charge is 0.229 e. The van der Waals surface area contributed by atoms with Gasteiger partial charge in [0.2, 0.25) is 5.91 Å². The SMILES string of the molecule is CC1CC(C(=O)N(CC#N)C(C)C)CO1. The zero-order valence-electron chi connectivity index (χ0n) is 9.56. The molecule has 0 spiro atoms. The summed E-state index contributed by atoms with van der Waals surface area (Å²) in [7, 11) is 0. The standard InChI is InChI=1S/C11H18N2O2/c1-8(2)13(5-4-12)11(14)10-6-9(3)15-7-10/h8-10H,5-7H2,1-3H3. The van der Waals surface area contributed by atoms with Crippen LogP contribution in [0.15, 0.2) is 0 Å². The van der Waals surface area contributed by atoms with Gasteiger partial charge in [0, 0.05) is 6.04 Å². The van der Waals surface area contributed by atoms with Gasteiger partial charge in [0.1, 0.15) is 6.54 Å². The summed E-state index contributed by atoms with van der Waals surface area (Å²) in [5, 5.41) is 8.65. The number of amides is 1. The average Bonchev–Trinajstić information content (AvgIpc) is 2.59. The van der Waals surface area contributed by atoms with Crippen LogP contribution in [0.2, 0.25) is 0 Å². The van der Waals surface area contributed by atoms with Crippen LogP contribution < -0.4 is 0 Å². The van der Waals surface area contributed by atoms with Crippen LogP contribution in [0, 0.1) is 17.2 Å². The van der Waals surface area contributed by atoms with E-state index in [9.17, 15) is 4.79 Å². The molecule has 0 aromatic rings. The van der Waals surface area contributed by atoms with Gasteiger partial charge in [-0.1, -0.05) is 0 Å². The van der Waals surface area contributed by atoms with Crippen LogP contribution in [-0.4, -0.2) is 36.1 Å². The molecule has 0 radical (unpaired) electrons. The molecule has 0 aromatic heterocycles. The van der Waals surface area contributed by atoms with E-state index in [0.717, 1.165) is 6.42 Å². The summed E-state index contributed by atoms with van der Waals surface area (Å²) in [6, 6.07) is 2.11. The monoisotopic (exact) mass is 210 g/mol. The molecular formula is C11H18N2O2. The average molecular weight is 210 g/mol. The Kier molecular flexibility index (Phi) is 4.10. The molecule has 1 rings (SSSR count). The molecule has 1 aliphatic rings. The Hall–Kier alpha value is -1.08. The maximum atomic E-state index is 12.0. The predicted molar refractivity (Wildman–Crippen MR) is 56.0 cm³/mol. The quantitative estimate of drug-likeness (QED) is 0.657. The van der Waals surface area contributed by atoms with Crippen LogP contribution in [0.25, 0.3) is 0 Å². The summed E-state index contributed by atoms with van der Waals surface area (Å²) in [4.78, 5) is 13.6. The van der Waals surface area contributed by atoms with Gasteiger partial charge in [-0.15, -0.1) is 0 Å². The molecule has 0 bridgehead atoms. The van der Waals surface area contributed by atoms with E-state index >= 15 is 0 Å². The summed E-state index contributed by atoms with van der Waals surface area (Å²) in [6.45, 7) is 6.48. The van der Waals surface area contributed by atoms with Crippen molar-refractivity contribution in [3.63, 3.8) is 0 Å². The van der Waals surface area contributed by atoms with Crippen LogP contribution >= 0.6 is 0 Å². The molecule has 1 heterocycles. The van der Waals surface area contributed by atoms with E-state index in [4.69, 9.17) is 10.00 Å². The molecule has 1 saturated heterocycles. The molecule has 4 heteroatoms. The minimum Gasteiger partial charge on any atom is -0.378 e. The highest BCUT2D eigenvalue weighted by molar-refractivity contribution is 5.79. The third-order valence-electron chi connectivity index (χ3n) is 2.70. The number of rotatable bonds is 3. The number of nitrogens with zero attached hydrogens (tertiary/aromatic N) is 2. The lowest BCUT2D eigenvalue weighted by Gasteiger charge is -2.26. The molecule has 1 fully saturated rings. The number of nitriles is 1. The highest BCUT2D eigenvalue weighted by Crippen LogP contribution is 2.21. The molecule has 0 N–H and O–H groups in total. The number of hydrogen-bond acceptors (Lipinski definition) is 3. The molecule has 0 aromatic carbocycles. The minimum atomic E-state index is -0.0595. The highest BCUT2D eigenvalue weighted by atomic mass is 16.5. The predicted octanol–water partition coefficient (Wildman–Crippen LogP) is 1.17. The van der Waals surface area contributed by atoms with Crippen LogP contribution in [0.1, 0.15) is 27.2 Å². The molecule has 1 aliphatic heterocycles.